The Morgan fingerprint density at radius 3 is 2.57 bits per heavy atom. The molecule has 0 unspecified atom stereocenters. The minimum Gasteiger partial charge on any atom is -0.406 e. The van der Waals surface area contributed by atoms with Gasteiger partial charge in [0.25, 0.3) is 0 Å². The van der Waals surface area contributed by atoms with Crippen LogP contribution >= 0.6 is 0 Å². The van der Waals surface area contributed by atoms with Gasteiger partial charge in [0, 0.05) is 18.8 Å². The van der Waals surface area contributed by atoms with Gasteiger partial charge in [-0.2, -0.15) is 0 Å². The molecule has 1 aliphatic heterocycles. The molecule has 2 atom stereocenters. The number of hydrogen-bond acceptors (Lipinski definition) is 4. The Morgan fingerprint density at radius 2 is 1.89 bits per heavy atom. The van der Waals surface area contributed by atoms with Gasteiger partial charge < -0.3 is 15.2 Å². The molecule has 0 saturated carbocycles. The highest BCUT2D eigenvalue weighted by atomic mass is 19.4. The van der Waals surface area contributed by atoms with E-state index in [0.717, 1.165) is 23.3 Å². The molecule has 1 heterocycles. The number of anilines is 1. The van der Waals surface area contributed by atoms with Crippen LogP contribution in [-0.4, -0.2) is 34.9 Å². The number of halogens is 3. The zero-order chi connectivity index (χ0) is 20.3. The molecule has 2 aromatic carbocycles. The Bertz CT molecular complexity index is 824. The lowest BCUT2D eigenvalue weighted by Crippen LogP contribution is -2.41. The average molecular weight is 394 g/mol. The molecule has 0 saturated heterocycles. The first-order valence-corrected chi connectivity index (χ1v) is 8.89. The van der Waals surface area contributed by atoms with Crippen molar-refractivity contribution < 1.29 is 27.8 Å². The zero-order valence-electron chi connectivity index (χ0n) is 15.2. The molecule has 2 N–H and O–H groups in total. The SMILES string of the molecule is C[C@H](C(=O)Nc1ccc(OC(F)(F)F)cc1)N1CC[C@H](O)c2ccccc2C1. The fourth-order valence-corrected chi connectivity index (χ4v) is 3.23. The van der Waals surface area contributed by atoms with E-state index in [4.69, 9.17) is 0 Å². The summed E-state index contributed by atoms with van der Waals surface area (Å²) in [5.74, 6) is -0.630. The van der Waals surface area contributed by atoms with Crippen LogP contribution in [-0.2, 0) is 11.3 Å². The van der Waals surface area contributed by atoms with Crippen LogP contribution in [0.15, 0.2) is 48.5 Å². The molecule has 1 aliphatic rings. The van der Waals surface area contributed by atoms with Crippen molar-refractivity contribution in [3.05, 3.63) is 59.7 Å². The Balaban J connectivity index is 1.64. The second-order valence-corrected chi connectivity index (χ2v) is 6.71. The van der Waals surface area contributed by atoms with Crippen LogP contribution < -0.4 is 10.1 Å². The summed E-state index contributed by atoms with van der Waals surface area (Å²) in [6.07, 6.45) is -4.82. The minimum absolute atomic E-state index is 0.279. The normalized spacial score (nSPS) is 18.7. The van der Waals surface area contributed by atoms with E-state index in [1.165, 1.54) is 12.1 Å². The van der Waals surface area contributed by atoms with Gasteiger partial charge in [-0.25, -0.2) is 0 Å². The number of fused-ring (bicyclic) bond motifs is 1. The first kappa shape index (κ1) is 20.2. The van der Waals surface area contributed by atoms with E-state index >= 15 is 0 Å². The van der Waals surface area contributed by atoms with Crippen molar-refractivity contribution in [1.82, 2.24) is 4.90 Å². The zero-order valence-corrected chi connectivity index (χ0v) is 15.2. The number of nitrogens with one attached hydrogen (secondary N) is 1. The van der Waals surface area contributed by atoms with E-state index in [1.54, 1.807) is 6.92 Å². The van der Waals surface area contributed by atoms with Gasteiger partial charge in [0.1, 0.15) is 5.75 Å². The van der Waals surface area contributed by atoms with Crippen molar-refractivity contribution in [1.29, 1.82) is 0 Å². The Kier molecular flexibility index (Phi) is 5.90. The molecule has 5 nitrogen and oxygen atoms in total. The maximum atomic E-state index is 12.6. The summed E-state index contributed by atoms with van der Waals surface area (Å²) < 4.78 is 40.5. The summed E-state index contributed by atoms with van der Waals surface area (Å²) in [4.78, 5) is 14.6. The largest absolute Gasteiger partial charge is 0.573 e. The lowest BCUT2D eigenvalue weighted by molar-refractivity contribution is -0.274. The summed E-state index contributed by atoms with van der Waals surface area (Å²) in [5.41, 5.74) is 2.22. The standard InChI is InChI=1S/C20H21F3N2O3/c1-13(25-11-10-18(26)17-5-3-2-4-14(17)12-25)19(27)24-15-6-8-16(9-7-15)28-20(21,22)23/h2-9,13,18,26H,10-12H2,1H3,(H,24,27)/t13-,18+/m1/s1. The Hall–Kier alpha value is -2.58. The lowest BCUT2D eigenvalue weighted by Gasteiger charge is -2.27. The number of amides is 1. The van der Waals surface area contributed by atoms with Crippen LogP contribution in [0.5, 0.6) is 5.75 Å². The van der Waals surface area contributed by atoms with Gasteiger partial charge in [-0.3, -0.25) is 9.69 Å². The number of nitrogens with zero attached hydrogens (tertiary/aromatic N) is 1. The van der Waals surface area contributed by atoms with Crippen LogP contribution in [0.4, 0.5) is 18.9 Å². The third-order valence-electron chi connectivity index (χ3n) is 4.76. The maximum Gasteiger partial charge on any atom is 0.573 e. The van der Waals surface area contributed by atoms with Gasteiger partial charge in [-0.05, 0) is 48.7 Å². The molecule has 150 valence electrons. The van der Waals surface area contributed by atoms with E-state index in [9.17, 15) is 23.1 Å². The van der Waals surface area contributed by atoms with Crippen molar-refractivity contribution in [3.8, 4) is 5.75 Å². The molecule has 28 heavy (non-hydrogen) atoms. The van der Waals surface area contributed by atoms with E-state index in [2.05, 4.69) is 10.1 Å². The quantitative estimate of drug-likeness (QED) is 0.827. The second kappa shape index (κ2) is 8.20. The average Bonchev–Trinajstić information content (AvgIpc) is 2.81. The van der Waals surface area contributed by atoms with E-state index < -0.39 is 18.5 Å². The number of ether oxygens (including phenoxy) is 1. The molecule has 3 rings (SSSR count). The van der Waals surface area contributed by atoms with E-state index in [0.29, 0.717) is 25.2 Å². The number of benzene rings is 2. The van der Waals surface area contributed by atoms with Crippen molar-refractivity contribution in [2.75, 3.05) is 11.9 Å². The van der Waals surface area contributed by atoms with E-state index in [-0.39, 0.29) is 11.7 Å². The lowest BCUT2D eigenvalue weighted by atomic mass is 10.0. The fourth-order valence-electron chi connectivity index (χ4n) is 3.23. The van der Waals surface area contributed by atoms with Gasteiger partial charge in [0.2, 0.25) is 5.91 Å². The number of alkyl halides is 3. The molecule has 0 radical (unpaired) electrons. The number of carbonyl (C=O) groups is 1. The molecule has 1 amide bonds. The topological polar surface area (TPSA) is 61.8 Å². The Labute approximate surface area is 160 Å². The number of aliphatic hydroxyl groups excluding tert-OH is 1. The molecule has 0 bridgehead atoms. The van der Waals surface area contributed by atoms with Crippen LogP contribution in [0, 0.1) is 0 Å². The van der Waals surface area contributed by atoms with E-state index in [1.807, 2.05) is 29.2 Å². The highest BCUT2D eigenvalue weighted by molar-refractivity contribution is 5.94. The fraction of sp³-hybridized carbons (Fsp3) is 0.350. The van der Waals surface area contributed by atoms with Crippen LogP contribution in [0.3, 0.4) is 0 Å². The Morgan fingerprint density at radius 1 is 1.21 bits per heavy atom. The predicted octanol–water partition coefficient (Wildman–Crippen LogP) is 3.85. The van der Waals surface area contributed by atoms with Gasteiger partial charge in [-0.15, -0.1) is 13.2 Å². The van der Waals surface area contributed by atoms with Crippen molar-refractivity contribution in [2.45, 2.75) is 38.4 Å². The monoisotopic (exact) mass is 394 g/mol. The molecule has 0 aromatic heterocycles. The first-order chi connectivity index (χ1) is 13.2. The molecular weight excluding hydrogens is 373 g/mol. The van der Waals surface area contributed by atoms with Crippen LogP contribution in [0.1, 0.15) is 30.6 Å². The maximum absolute atomic E-state index is 12.6. The van der Waals surface area contributed by atoms with Crippen LogP contribution in [0.25, 0.3) is 0 Å². The molecular formula is C20H21F3N2O3. The summed E-state index contributed by atoms with van der Waals surface area (Å²) in [5, 5.41) is 13.0. The smallest absolute Gasteiger partial charge is 0.406 e. The minimum atomic E-state index is -4.76. The highest BCUT2D eigenvalue weighted by Gasteiger charge is 2.31. The number of hydrogen-bond donors (Lipinski definition) is 2. The summed E-state index contributed by atoms with van der Waals surface area (Å²) in [7, 11) is 0. The predicted molar refractivity (Wildman–Crippen MR) is 97.6 cm³/mol. The second-order valence-electron chi connectivity index (χ2n) is 6.71. The summed E-state index contributed by atoms with van der Waals surface area (Å²) >= 11 is 0. The summed E-state index contributed by atoms with van der Waals surface area (Å²) in [6.45, 7) is 2.83. The van der Waals surface area contributed by atoms with Crippen molar-refractivity contribution in [2.24, 2.45) is 0 Å². The number of aliphatic hydroxyl groups is 1. The summed E-state index contributed by atoms with van der Waals surface area (Å²) in [6, 6.07) is 12.1. The molecule has 0 aliphatic carbocycles. The molecule has 0 fully saturated rings. The van der Waals surface area contributed by atoms with Crippen molar-refractivity contribution >= 4 is 11.6 Å². The van der Waals surface area contributed by atoms with Gasteiger partial charge in [0.05, 0.1) is 12.1 Å². The third-order valence-corrected chi connectivity index (χ3v) is 4.76. The molecule has 2 aromatic rings. The van der Waals surface area contributed by atoms with Gasteiger partial charge in [0.15, 0.2) is 0 Å². The van der Waals surface area contributed by atoms with Gasteiger partial charge in [-0.1, -0.05) is 24.3 Å². The number of rotatable bonds is 4. The van der Waals surface area contributed by atoms with Gasteiger partial charge >= 0.3 is 6.36 Å². The first-order valence-electron chi connectivity index (χ1n) is 8.89. The van der Waals surface area contributed by atoms with Crippen LogP contribution in [0.2, 0.25) is 0 Å². The molecule has 8 heteroatoms. The third kappa shape index (κ3) is 5.02. The highest BCUT2D eigenvalue weighted by Crippen LogP contribution is 2.28. The number of carbonyl (C=O) groups excluding carboxylic acids is 1. The van der Waals surface area contributed by atoms with Crippen molar-refractivity contribution in [3.63, 3.8) is 0 Å². The molecule has 0 spiro atoms.